The van der Waals surface area contributed by atoms with Gasteiger partial charge in [0.1, 0.15) is 11.9 Å². The SMILES string of the molecule is N#Cc1cc2c(nc1N1CCC(c3ccccn3)C1)CCOC2. The number of rotatable bonds is 2. The molecule has 5 nitrogen and oxygen atoms in total. The molecule has 5 heteroatoms. The Bertz CT molecular complexity index is 754. The van der Waals surface area contributed by atoms with Gasteiger partial charge in [0.15, 0.2) is 0 Å². The number of nitriles is 1. The quantitative estimate of drug-likeness (QED) is 0.852. The molecule has 0 bridgehead atoms. The van der Waals surface area contributed by atoms with Crippen LogP contribution in [0.1, 0.15) is 34.9 Å². The van der Waals surface area contributed by atoms with E-state index in [9.17, 15) is 5.26 Å². The smallest absolute Gasteiger partial charge is 0.146 e. The second kappa shape index (κ2) is 5.98. The van der Waals surface area contributed by atoms with E-state index in [1.807, 2.05) is 24.4 Å². The van der Waals surface area contributed by atoms with Crippen LogP contribution >= 0.6 is 0 Å². The van der Waals surface area contributed by atoms with Crippen molar-refractivity contribution >= 4 is 5.82 Å². The molecular weight excluding hydrogens is 288 g/mol. The summed E-state index contributed by atoms with van der Waals surface area (Å²) in [5.41, 5.74) is 3.90. The van der Waals surface area contributed by atoms with Gasteiger partial charge in [0.2, 0.25) is 0 Å². The maximum Gasteiger partial charge on any atom is 0.146 e. The third kappa shape index (κ3) is 2.66. The largest absolute Gasteiger partial charge is 0.376 e. The van der Waals surface area contributed by atoms with E-state index < -0.39 is 0 Å². The maximum atomic E-state index is 9.49. The summed E-state index contributed by atoms with van der Waals surface area (Å²) in [6.07, 6.45) is 3.71. The lowest BCUT2D eigenvalue weighted by atomic mass is 10.0. The predicted molar refractivity (Wildman–Crippen MR) is 86.1 cm³/mol. The minimum absolute atomic E-state index is 0.406. The second-order valence-electron chi connectivity index (χ2n) is 6.07. The number of hydrogen-bond donors (Lipinski definition) is 0. The lowest BCUT2D eigenvalue weighted by Gasteiger charge is -2.23. The van der Waals surface area contributed by atoms with Crippen LogP contribution in [0.4, 0.5) is 5.82 Å². The van der Waals surface area contributed by atoms with E-state index in [4.69, 9.17) is 9.72 Å². The maximum absolute atomic E-state index is 9.49. The summed E-state index contributed by atoms with van der Waals surface area (Å²) in [4.78, 5) is 11.5. The highest BCUT2D eigenvalue weighted by Gasteiger charge is 2.28. The van der Waals surface area contributed by atoms with Crippen molar-refractivity contribution in [1.29, 1.82) is 5.26 Å². The van der Waals surface area contributed by atoms with Crippen LogP contribution in [0.2, 0.25) is 0 Å². The highest BCUT2D eigenvalue weighted by Crippen LogP contribution is 2.32. The number of hydrogen-bond acceptors (Lipinski definition) is 5. The molecule has 2 aliphatic heterocycles. The minimum atomic E-state index is 0.406. The second-order valence-corrected chi connectivity index (χ2v) is 6.07. The average molecular weight is 306 g/mol. The number of fused-ring (bicyclic) bond motifs is 1. The molecule has 1 fully saturated rings. The van der Waals surface area contributed by atoms with Gasteiger partial charge in [0, 0.05) is 42.9 Å². The fourth-order valence-corrected chi connectivity index (χ4v) is 3.41. The van der Waals surface area contributed by atoms with Crippen LogP contribution in [0.5, 0.6) is 0 Å². The first-order valence-corrected chi connectivity index (χ1v) is 8.01. The van der Waals surface area contributed by atoms with Gasteiger partial charge in [-0.15, -0.1) is 0 Å². The van der Waals surface area contributed by atoms with Gasteiger partial charge in [-0.05, 0) is 24.6 Å². The number of ether oxygens (including phenoxy) is 1. The van der Waals surface area contributed by atoms with Gasteiger partial charge in [-0.25, -0.2) is 4.98 Å². The summed E-state index contributed by atoms with van der Waals surface area (Å²) in [6.45, 7) is 3.06. The number of aromatic nitrogens is 2. The first-order valence-electron chi connectivity index (χ1n) is 8.01. The van der Waals surface area contributed by atoms with Gasteiger partial charge < -0.3 is 9.64 Å². The van der Waals surface area contributed by atoms with E-state index in [2.05, 4.69) is 22.0 Å². The Balaban J connectivity index is 1.62. The molecule has 2 aliphatic rings. The van der Waals surface area contributed by atoms with Gasteiger partial charge in [-0.3, -0.25) is 4.98 Å². The van der Waals surface area contributed by atoms with E-state index in [0.717, 1.165) is 48.7 Å². The monoisotopic (exact) mass is 306 g/mol. The Morgan fingerprint density at radius 2 is 2.30 bits per heavy atom. The molecule has 0 spiro atoms. The van der Waals surface area contributed by atoms with Crippen molar-refractivity contribution in [2.45, 2.75) is 25.4 Å². The van der Waals surface area contributed by atoms with Gasteiger partial charge in [0.25, 0.3) is 0 Å². The van der Waals surface area contributed by atoms with Crippen molar-refractivity contribution in [3.8, 4) is 6.07 Å². The van der Waals surface area contributed by atoms with Crippen molar-refractivity contribution in [1.82, 2.24) is 9.97 Å². The molecule has 116 valence electrons. The molecule has 0 aromatic carbocycles. The molecule has 0 radical (unpaired) electrons. The third-order valence-corrected chi connectivity index (χ3v) is 4.63. The Morgan fingerprint density at radius 3 is 3.13 bits per heavy atom. The molecule has 1 saturated heterocycles. The first-order chi connectivity index (χ1) is 11.3. The van der Waals surface area contributed by atoms with Crippen LogP contribution < -0.4 is 4.90 Å². The zero-order valence-corrected chi connectivity index (χ0v) is 12.9. The first kappa shape index (κ1) is 14.2. The van der Waals surface area contributed by atoms with Crippen molar-refractivity contribution in [2.24, 2.45) is 0 Å². The summed E-state index contributed by atoms with van der Waals surface area (Å²) in [7, 11) is 0. The lowest BCUT2D eigenvalue weighted by Crippen LogP contribution is -2.24. The van der Waals surface area contributed by atoms with E-state index >= 15 is 0 Å². The molecule has 0 aliphatic carbocycles. The van der Waals surface area contributed by atoms with Crippen molar-refractivity contribution < 1.29 is 4.74 Å². The lowest BCUT2D eigenvalue weighted by molar-refractivity contribution is 0.109. The topological polar surface area (TPSA) is 62.0 Å². The molecule has 0 N–H and O–H groups in total. The van der Waals surface area contributed by atoms with E-state index in [-0.39, 0.29) is 0 Å². The Hall–Kier alpha value is -2.45. The molecule has 1 unspecified atom stereocenters. The predicted octanol–water partition coefficient (Wildman–Crippen LogP) is 2.41. The normalized spacial score (nSPS) is 20.1. The van der Waals surface area contributed by atoms with Crippen LogP contribution in [0.25, 0.3) is 0 Å². The van der Waals surface area contributed by atoms with Crippen LogP contribution in [-0.4, -0.2) is 29.7 Å². The highest BCUT2D eigenvalue weighted by atomic mass is 16.5. The number of pyridine rings is 2. The standard InChI is InChI=1S/C18H18N4O/c19-10-14-9-15-12-23-8-5-17(15)21-18(14)22-7-4-13(11-22)16-3-1-2-6-20-16/h1-3,6,9,13H,4-5,7-8,11-12H2. The average Bonchev–Trinajstić information content (AvgIpc) is 3.11. The minimum Gasteiger partial charge on any atom is -0.376 e. The Morgan fingerprint density at radius 1 is 1.35 bits per heavy atom. The summed E-state index contributed by atoms with van der Waals surface area (Å²) >= 11 is 0. The van der Waals surface area contributed by atoms with Crippen LogP contribution in [0.3, 0.4) is 0 Å². The highest BCUT2D eigenvalue weighted by molar-refractivity contribution is 5.57. The van der Waals surface area contributed by atoms with E-state index in [0.29, 0.717) is 24.7 Å². The number of anilines is 1. The van der Waals surface area contributed by atoms with Gasteiger partial charge in [-0.1, -0.05) is 6.07 Å². The zero-order chi connectivity index (χ0) is 15.6. The van der Waals surface area contributed by atoms with Gasteiger partial charge >= 0.3 is 0 Å². The van der Waals surface area contributed by atoms with Gasteiger partial charge in [-0.2, -0.15) is 5.26 Å². The Kier molecular flexibility index (Phi) is 3.68. The number of nitrogens with zero attached hydrogens (tertiary/aromatic N) is 4. The van der Waals surface area contributed by atoms with Gasteiger partial charge in [0.05, 0.1) is 24.5 Å². The molecule has 23 heavy (non-hydrogen) atoms. The summed E-state index contributed by atoms with van der Waals surface area (Å²) in [6, 6.07) is 10.3. The van der Waals surface area contributed by atoms with Crippen molar-refractivity contribution in [2.75, 3.05) is 24.6 Å². The van der Waals surface area contributed by atoms with E-state index in [1.54, 1.807) is 0 Å². The van der Waals surface area contributed by atoms with Crippen LogP contribution in [0.15, 0.2) is 30.5 Å². The Labute approximate surface area is 135 Å². The van der Waals surface area contributed by atoms with E-state index in [1.165, 1.54) is 0 Å². The molecule has 0 amide bonds. The zero-order valence-electron chi connectivity index (χ0n) is 12.9. The summed E-state index contributed by atoms with van der Waals surface area (Å²) in [5, 5.41) is 9.49. The fourth-order valence-electron chi connectivity index (χ4n) is 3.41. The van der Waals surface area contributed by atoms with Crippen molar-refractivity contribution in [3.63, 3.8) is 0 Å². The summed E-state index contributed by atoms with van der Waals surface area (Å²) < 4.78 is 5.46. The van der Waals surface area contributed by atoms with Crippen LogP contribution in [0, 0.1) is 11.3 Å². The molecule has 2 aromatic rings. The molecule has 0 saturated carbocycles. The fraction of sp³-hybridized carbons (Fsp3) is 0.389. The summed E-state index contributed by atoms with van der Waals surface area (Å²) in [5.74, 6) is 1.23. The molecule has 4 rings (SSSR count). The van der Waals surface area contributed by atoms with Crippen molar-refractivity contribution in [3.05, 3.63) is 53.0 Å². The van der Waals surface area contributed by atoms with Crippen LogP contribution in [-0.2, 0) is 17.8 Å². The molecule has 2 aromatic heterocycles. The molecular formula is C18H18N4O. The molecule has 4 heterocycles. The molecule has 1 atom stereocenters. The third-order valence-electron chi connectivity index (χ3n) is 4.63.